The van der Waals surface area contributed by atoms with E-state index in [1.165, 1.54) is 11.3 Å². The zero-order valence-electron chi connectivity index (χ0n) is 16.5. The first-order chi connectivity index (χ1) is 13.0. The second-order valence-electron chi connectivity index (χ2n) is 7.33. The second kappa shape index (κ2) is 9.17. The van der Waals surface area contributed by atoms with E-state index in [1.54, 1.807) is 7.11 Å². The second-order valence-corrected chi connectivity index (χ2v) is 7.33. The number of aryl methyl sites for hydroxylation is 1. The van der Waals surface area contributed by atoms with E-state index in [2.05, 4.69) is 45.0 Å². The molecule has 1 unspecified atom stereocenters. The average Bonchev–Trinajstić information content (AvgIpc) is 2.95. The minimum Gasteiger partial charge on any atom is -0.497 e. The Kier molecular flexibility index (Phi) is 6.66. The summed E-state index contributed by atoms with van der Waals surface area (Å²) in [6, 6.07) is 10.1. The number of aliphatic hydroxyl groups is 1. The summed E-state index contributed by atoms with van der Waals surface area (Å²) in [5.74, 6) is 0.875. The lowest BCUT2D eigenvalue weighted by atomic mass is 10.2. The molecule has 6 nitrogen and oxygen atoms in total. The predicted octanol–water partition coefficient (Wildman–Crippen LogP) is 2.41. The van der Waals surface area contributed by atoms with Crippen molar-refractivity contribution >= 4 is 6.08 Å². The zero-order valence-corrected chi connectivity index (χ0v) is 16.5. The van der Waals surface area contributed by atoms with Crippen molar-refractivity contribution < 1.29 is 9.84 Å². The van der Waals surface area contributed by atoms with Crippen LogP contribution in [0.3, 0.4) is 0 Å². The van der Waals surface area contributed by atoms with E-state index < -0.39 is 6.10 Å². The van der Waals surface area contributed by atoms with Crippen LogP contribution in [0.5, 0.6) is 5.75 Å². The molecule has 27 heavy (non-hydrogen) atoms. The van der Waals surface area contributed by atoms with Gasteiger partial charge in [0.25, 0.3) is 0 Å². The number of nitrogens with zero attached hydrogens (tertiary/aromatic N) is 4. The first-order valence-electron chi connectivity index (χ1n) is 9.47. The van der Waals surface area contributed by atoms with Gasteiger partial charge in [0.2, 0.25) is 0 Å². The fourth-order valence-corrected chi connectivity index (χ4v) is 3.36. The third-order valence-corrected chi connectivity index (χ3v) is 4.78. The molecule has 0 fully saturated rings. The van der Waals surface area contributed by atoms with Crippen molar-refractivity contribution in [1.29, 1.82) is 0 Å². The number of hydrogen-bond acceptors (Lipinski definition) is 5. The molecule has 1 N–H and O–H groups in total. The number of ether oxygens (including phenoxy) is 1. The first-order valence-corrected chi connectivity index (χ1v) is 9.47. The minimum atomic E-state index is -0.539. The summed E-state index contributed by atoms with van der Waals surface area (Å²) in [7, 11) is 5.60. The van der Waals surface area contributed by atoms with Crippen LogP contribution in [0.4, 0.5) is 0 Å². The molecule has 0 amide bonds. The Bertz CT molecular complexity index is 752. The fourth-order valence-electron chi connectivity index (χ4n) is 3.36. The third-order valence-electron chi connectivity index (χ3n) is 4.78. The van der Waals surface area contributed by atoms with Gasteiger partial charge in [-0.3, -0.25) is 9.58 Å². The molecule has 3 rings (SSSR count). The third kappa shape index (κ3) is 5.42. The Morgan fingerprint density at radius 3 is 2.74 bits per heavy atom. The van der Waals surface area contributed by atoms with Crippen LogP contribution < -0.4 is 4.74 Å². The van der Waals surface area contributed by atoms with Gasteiger partial charge < -0.3 is 14.7 Å². The van der Waals surface area contributed by atoms with Gasteiger partial charge in [-0.25, -0.2) is 0 Å². The molecule has 1 atom stereocenters. The molecule has 2 aromatic rings. The van der Waals surface area contributed by atoms with Crippen LogP contribution in [0.25, 0.3) is 6.08 Å². The Balaban J connectivity index is 1.60. The number of aliphatic hydroxyl groups excluding tert-OH is 1. The van der Waals surface area contributed by atoms with Crippen molar-refractivity contribution in [1.82, 2.24) is 19.6 Å². The number of hydrogen-bond donors (Lipinski definition) is 1. The number of methoxy groups -OCH3 is 1. The molecule has 1 aromatic heterocycles. The number of aromatic nitrogens is 2. The number of fused-ring (bicyclic) bond motifs is 1. The monoisotopic (exact) mass is 370 g/mol. The highest BCUT2D eigenvalue weighted by Gasteiger charge is 2.19. The normalized spacial score (nSPS) is 16.5. The summed E-state index contributed by atoms with van der Waals surface area (Å²) in [4.78, 5) is 4.40. The molecule has 1 aliphatic rings. The van der Waals surface area contributed by atoms with Crippen LogP contribution in [-0.2, 0) is 13.1 Å². The highest BCUT2D eigenvalue weighted by molar-refractivity contribution is 5.50. The minimum absolute atomic E-state index is 0.539. The van der Waals surface area contributed by atoms with E-state index in [4.69, 9.17) is 4.74 Å². The van der Waals surface area contributed by atoms with E-state index in [0.717, 1.165) is 44.0 Å². The van der Waals surface area contributed by atoms with Gasteiger partial charge in [-0.2, -0.15) is 5.10 Å². The summed E-state index contributed by atoms with van der Waals surface area (Å²) >= 11 is 0. The molecule has 2 heterocycles. The molecule has 1 aliphatic heterocycles. The molecular weight excluding hydrogens is 340 g/mol. The van der Waals surface area contributed by atoms with E-state index >= 15 is 0 Å². The lowest BCUT2D eigenvalue weighted by Gasteiger charge is -2.17. The van der Waals surface area contributed by atoms with E-state index in [9.17, 15) is 5.11 Å². The van der Waals surface area contributed by atoms with Gasteiger partial charge in [0.15, 0.2) is 0 Å². The summed E-state index contributed by atoms with van der Waals surface area (Å²) in [5.41, 5.74) is 3.12. The Labute approximate surface area is 161 Å². The highest BCUT2D eigenvalue weighted by Crippen LogP contribution is 2.19. The lowest BCUT2D eigenvalue weighted by molar-refractivity contribution is 0.133. The van der Waals surface area contributed by atoms with Gasteiger partial charge in [0.1, 0.15) is 11.9 Å². The molecule has 0 radical (unpaired) electrons. The summed E-state index contributed by atoms with van der Waals surface area (Å²) in [6.45, 7) is 4.29. The number of rotatable bonds is 7. The quantitative estimate of drug-likeness (QED) is 0.811. The SMILES string of the molecule is COc1ccc(/C=C/CN2CCCn3nc(C(O)CN(C)C)cc3C2)cc1. The summed E-state index contributed by atoms with van der Waals surface area (Å²) < 4.78 is 7.25. The van der Waals surface area contributed by atoms with Crippen LogP contribution in [0.2, 0.25) is 0 Å². The molecule has 0 aliphatic carbocycles. The maximum Gasteiger partial charge on any atom is 0.118 e. The summed E-state index contributed by atoms with van der Waals surface area (Å²) in [6.07, 6.45) is 4.88. The van der Waals surface area contributed by atoms with Crippen molar-refractivity contribution in [2.24, 2.45) is 0 Å². The van der Waals surface area contributed by atoms with Gasteiger partial charge in [0, 0.05) is 32.7 Å². The Morgan fingerprint density at radius 2 is 2.04 bits per heavy atom. The first kappa shape index (κ1) is 19.6. The average molecular weight is 370 g/mol. The van der Waals surface area contributed by atoms with Crippen LogP contribution in [-0.4, -0.2) is 65.5 Å². The molecule has 1 aromatic carbocycles. The molecule has 0 bridgehead atoms. The Morgan fingerprint density at radius 1 is 1.26 bits per heavy atom. The van der Waals surface area contributed by atoms with Crippen LogP contribution in [0.15, 0.2) is 36.4 Å². The van der Waals surface area contributed by atoms with Gasteiger partial charge in [-0.1, -0.05) is 24.3 Å². The number of likely N-dealkylation sites (N-methyl/N-ethyl adjacent to an activating group) is 1. The van der Waals surface area contributed by atoms with Crippen molar-refractivity contribution in [3.05, 3.63) is 53.4 Å². The van der Waals surface area contributed by atoms with Gasteiger partial charge in [0.05, 0.1) is 18.5 Å². The molecule has 0 spiro atoms. The van der Waals surface area contributed by atoms with E-state index in [0.29, 0.717) is 6.54 Å². The smallest absolute Gasteiger partial charge is 0.118 e. The van der Waals surface area contributed by atoms with Crippen molar-refractivity contribution in [2.45, 2.75) is 25.6 Å². The number of benzene rings is 1. The lowest BCUT2D eigenvalue weighted by Crippen LogP contribution is -2.23. The molecular formula is C21H30N4O2. The molecule has 146 valence electrons. The van der Waals surface area contributed by atoms with Gasteiger partial charge in [-0.15, -0.1) is 0 Å². The molecule has 6 heteroatoms. The van der Waals surface area contributed by atoms with Gasteiger partial charge in [-0.05, 0) is 44.3 Å². The summed E-state index contributed by atoms with van der Waals surface area (Å²) in [5, 5.41) is 15.0. The maximum atomic E-state index is 10.3. The predicted molar refractivity (Wildman–Crippen MR) is 108 cm³/mol. The van der Waals surface area contributed by atoms with E-state index in [1.807, 2.05) is 31.1 Å². The van der Waals surface area contributed by atoms with Crippen molar-refractivity contribution in [2.75, 3.05) is 40.8 Å². The highest BCUT2D eigenvalue weighted by atomic mass is 16.5. The van der Waals surface area contributed by atoms with E-state index in [-0.39, 0.29) is 0 Å². The topological polar surface area (TPSA) is 53.8 Å². The largest absolute Gasteiger partial charge is 0.497 e. The maximum absolute atomic E-state index is 10.3. The fraction of sp³-hybridized carbons (Fsp3) is 0.476. The van der Waals surface area contributed by atoms with Crippen LogP contribution in [0, 0.1) is 0 Å². The van der Waals surface area contributed by atoms with Gasteiger partial charge >= 0.3 is 0 Å². The van der Waals surface area contributed by atoms with Crippen molar-refractivity contribution in [3.63, 3.8) is 0 Å². The molecule has 0 saturated heterocycles. The Hall–Kier alpha value is -2.15. The standard InChI is InChI=1S/C21H30N4O2/c1-23(2)16-21(26)20-14-18-15-24(12-5-13-25(18)22-20)11-4-6-17-7-9-19(27-3)10-8-17/h4,6-10,14,21,26H,5,11-13,15-16H2,1-3H3/b6-4+. The van der Waals surface area contributed by atoms with Crippen molar-refractivity contribution in [3.8, 4) is 5.75 Å². The van der Waals surface area contributed by atoms with Crippen LogP contribution in [0.1, 0.15) is 29.5 Å². The van der Waals surface area contributed by atoms with Crippen LogP contribution >= 0.6 is 0 Å². The zero-order chi connectivity index (χ0) is 19.2. The molecule has 0 saturated carbocycles.